The lowest BCUT2D eigenvalue weighted by Crippen LogP contribution is -2.43. The summed E-state index contributed by atoms with van der Waals surface area (Å²) >= 11 is 0. The van der Waals surface area contributed by atoms with Crippen LogP contribution in [0, 0.1) is 0 Å². The first-order valence-corrected chi connectivity index (χ1v) is 16.7. The molecule has 2 saturated heterocycles. The number of likely N-dealkylation sites (tertiary alicyclic amines) is 2. The van der Waals surface area contributed by atoms with Crippen molar-refractivity contribution in [2.24, 2.45) is 0 Å². The van der Waals surface area contributed by atoms with E-state index in [9.17, 15) is 14.7 Å². The molecule has 0 bridgehead atoms. The Morgan fingerprint density at radius 2 is 1.77 bits per heavy atom. The van der Waals surface area contributed by atoms with E-state index in [1.807, 2.05) is 37.8 Å². The molecule has 12 heteroatoms. The van der Waals surface area contributed by atoms with E-state index in [-0.39, 0.29) is 18.2 Å². The number of aromatic nitrogens is 5. The van der Waals surface area contributed by atoms with Crippen LogP contribution < -0.4 is 10.9 Å². The minimum Gasteiger partial charge on any atom is -0.444 e. The quantitative estimate of drug-likeness (QED) is 0.242. The first-order valence-electron chi connectivity index (χ1n) is 16.7. The molecule has 0 spiro atoms. The maximum Gasteiger partial charge on any atom is 0.410 e. The number of pyridine rings is 1. The third kappa shape index (κ3) is 7.14. The molecule has 254 valence electrons. The topological polar surface area (TPSA) is 131 Å². The summed E-state index contributed by atoms with van der Waals surface area (Å²) in [6.07, 6.45) is 6.07. The van der Waals surface area contributed by atoms with Gasteiger partial charge in [-0.3, -0.25) is 9.69 Å². The van der Waals surface area contributed by atoms with Gasteiger partial charge in [0.15, 0.2) is 11.5 Å². The fraction of sp³-hybridized carbons (Fsp3) is 0.472. The summed E-state index contributed by atoms with van der Waals surface area (Å²) in [5.41, 5.74) is 1.12. The summed E-state index contributed by atoms with van der Waals surface area (Å²) in [5.74, 6) is 1.28. The van der Waals surface area contributed by atoms with Crippen molar-refractivity contribution in [3.8, 4) is 5.82 Å². The number of carbonyl (C=O) groups is 1. The molecule has 2 N–H and O–H groups in total. The van der Waals surface area contributed by atoms with Gasteiger partial charge in [-0.2, -0.15) is 4.98 Å². The predicted molar refractivity (Wildman–Crippen MR) is 186 cm³/mol. The van der Waals surface area contributed by atoms with Gasteiger partial charge in [-0.25, -0.2) is 24.1 Å². The Morgan fingerprint density at radius 3 is 2.44 bits per heavy atom. The van der Waals surface area contributed by atoms with Gasteiger partial charge >= 0.3 is 6.09 Å². The molecule has 48 heavy (non-hydrogen) atoms. The summed E-state index contributed by atoms with van der Waals surface area (Å²) in [7, 11) is 0. The summed E-state index contributed by atoms with van der Waals surface area (Å²) in [4.78, 5) is 44.1. The Morgan fingerprint density at radius 1 is 1.04 bits per heavy atom. The Kier molecular flexibility index (Phi) is 9.14. The van der Waals surface area contributed by atoms with Gasteiger partial charge in [0.25, 0.3) is 5.56 Å². The molecule has 1 unspecified atom stereocenters. The summed E-state index contributed by atoms with van der Waals surface area (Å²) < 4.78 is 8.74. The lowest BCUT2D eigenvalue weighted by molar-refractivity contribution is 0.0276. The number of piperidine rings is 1. The molecule has 5 heterocycles. The number of allylic oxidation sites excluding steroid dienone is 1. The van der Waals surface area contributed by atoms with E-state index < -0.39 is 11.2 Å². The number of aliphatic hydroxyl groups is 1. The van der Waals surface area contributed by atoms with Crippen LogP contribution in [0.3, 0.4) is 0 Å². The number of benzene rings is 1. The standard InChI is InChI=1S/C36H46N8O4/c1-7-18-43-32(45)28-22-37-33(40-31(28)44(43)30-10-8-9-29(39-30)36(5,6)47)38-26-13-11-24(12-14-26)25-15-19-41(20-16-25)27-17-21-42(23-27)34(46)48-35(2,3)4/h7-14,22,25,27,47H,1,15-21,23H2,2-6H3,(H,37,38,40). The van der Waals surface area contributed by atoms with E-state index >= 15 is 0 Å². The highest BCUT2D eigenvalue weighted by Crippen LogP contribution is 2.32. The van der Waals surface area contributed by atoms with E-state index in [1.165, 1.54) is 16.4 Å². The highest BCUT2D eigenvalue weighted by molar-refractivity contribution is 5.77. The monoisotopic (exact) mass is 654 g/mol. The number of rotatable bonds is 8. The van der Waals surface area contributed by atoms with Gasteiger partial charge in [-0.05, 0) is 103 Å². The molecule has 2 fully saturated rings. The molecule has 6 rings (SSSR count). The van der Waals surface area contributed by atoms with Crippen molar-refractivity contribution in [3.63, 3.8) is 0 Å². The number of nitrogens with zero attached hydrogens (tertiary/aromatic N) is 7. The molecule has 12 nitrogen and oxygen atoms in total. The second kappa shape index (κ2) is 13.2. The molecule has 2 aliphatic rings. The fourth-order valence-electron chi connectivity index (χ4n) is 6.59. The molecule has 2 aliphatic heterocycles. The number of hydrogen-bond donors (Lipinski definition) is 2. The first-order chi connectivity index (χ1) is 22.8. The number of nitrogens with one attached hydrogen (secondary N) is 1. The van der Waals surface area contributed by atoms with E-state index in [0.29, 0.717) is 40.5 Å². The highest BCUT2D eigenvalue weighted by atomic mass is 16.6. The largest absolute Gasteiger partial charge is 0.444 e. The van der Waals surface area contributed by atoms with Crippen molar-refractivity contribution < 1.29 is 14.6 Å². The van der Waals surface area contributed by atoms with Crippen LogP contribution in [0.5, 0.6) is 0 Å². The minimum atomic E-state index is -1.16. The molecular weight excluding hydrogens is 608 g/mol. The number of fused-ring (bicyclic) bond motifs is 1. The molecule has 1 amide bonds. The first kappa shape index (κ1) is 33.4. The summed E-state index contributed by atoms with van der Waals surface area (Å²) in [6.45, 7) is 16.6. The normalized spacial score (nSPS) is 18.0. The van der Waals surface area contributed by atoms with Gasteiger partial charge in [0.1, 0.15) is 16.6 Å². The summed E-state index contributed by atoms with van der Waals surface area (Å²) in [6, 6.07) is 14.1. The number of hydrogen-bond acceptors (Lipinski definition) is 9. The number of anilines is 2. The molecule has 3 aromatic heterocycles. The SMILES string of the molecule is C=CCn1c(=O)c2cnc(Nc3ccc(C4CCN(C5CCN(C(=O)OC(C)(C)C)C5)CC4)cc3)nc2n1-c1cccc(C(C)(C)O)n1. The minimum absolute atomic E-state index is 0.215. The van der Waals surface area contributed by atoms with Crippen molar-refractivity contribution in [1.29, 1.82) is 0 Å². The van der Waals surface area contributed by atoms with Gasteiger partial charge in [0.05, 0.1) is 12.2 Å². The second-order valence-electron chi connectivity index (χ2n) is 14.3. The number of carbonyl (C=O) groups excluding carboxylic acids is 1. The summed E-state index contributed by atoms with van der Waals surface area (Å²) in [5, 5.41) is 14.2. The maximum absolute atomic E-state index is 13.3. The van der Waals surface area contributed by atoms with Gasteiger partial charge in [0.2, 0.25) is 5.95 Å². The van der Waals surface area contributed by atoms with Crippen LogP contribution in [0.4, 0.5) is 16.4 Å². The van der Waals surface area contributed by atoms with Crippen LogP contribution in [0.2, 0.25) is 0 Å². The zero-order valence-electron chi connectivity index (χ0n) is 28.5. The average Bonchev–Trinajstić information content (AvgIpc) is 3.64. The molecule has 0 aliphatic carbocycles. The van der Waals surface area contributed by atoms with Crippen LogP contribution in [-0.2, 0) is 16.9 Å². The van der Waals surface area contributed by atoms with E-state index in [4.69, 9.17) is 9.72 Å². The molecule has 4 aromatic rings. The smallest absolute Gasteiger partial charge is 0.410 e. The van der Waals surface area contributed by atoms with Crippen molar-refractivity contribution in [3.05, 3.63) is 82.9 Å². The zero-order valence-corrected chi connectivity index (χ0v) is 28.5. The Balaban J connectivity index is 1.13. The van der Waals surface area contributed by atoms with Crippen LogP contribution in [0.25, 0.3) is 16.9 Å². The third-order valence-electron chi connectivity index (χ3n) is 9.06. The van der Waals surface area contributed by atoms with Crippen LogP contribution >= 0.6 is 0 Å². The lowest BCUT2D eigenvalue weighted by Gasteiger charge is -2.36. The van der Waals surface area contributed by atoms with Crippen molar-refractivity contribution in [1.82, 2.24) is 34.1 Å². The highest BCUT2D eigenvalue weighted by Gasteiger charge is 2.34. The maximum atomic E-state index is 13.3. The zero-order chi connectivity index (χ0) is 34.2. The molecule has 1 aromatic carbocycles. The van der Waals surface area contributed by atoms with Gasteiger partial charge < -0.3 is 20.1 Å². The average molecular weight is 655 g/mol. The Hall–Kier alpha value is -4.55. The fourth-order valence-corrected chi connectivity index (χ4v) is 6.59. The molecule has 0 saturated carbocycles. The van der Waals surface area contributed by atoms with Crippen molar-refractivity contribution in [2.75, 3.05) is 31.5 Å². The van der Waals surface area contributed by atoms with Crippen LogP contribution in [-0.4, -0.2) is 83.1 Å². The number of ether oxygens (including phenoxy) is 1. The van der Waals surface area contributed by atoms with E-state index in [2.05, 4.69) is 38.9 Å². The Labute approximate surface area is 281 Å². The third-order valence-corrected chi connectivity index (χ3v) is 9.06. The van der Waals surface area contributed by atoms with E-state index in [0.717, 1.165) is 51.1 Å². The van der Waals surface area contributed by atoms with Gasteiger partial charge in [-0.15, -0.1) is 6.58 Å². The van der Waals surface area contributed by atoms with E-state index in [1.54, 1.807) is 42.8 Å². The molecule has 0 radical (unpaired) electrons. The molecule has 1 atom stereocenters. The number of amides is 1. The second-order valence-corrected chi connectivity index (χ2v) is 14.3. The van der Waals surface area contributed by atoms with Gasteiger partial charge in [-0.1, -0.05) is 24.3 Å². The van der Waals surface area contributed by atoms with Crippen molar-refractivity contribution >= 4 is 28.8 Å². The van der Waals surface area contributed by atoms with Crippen LogP contribution in [0.15, 0.2) is 66.1 Å². The molecular formula is C36H46N8O4. The Bertz CT molecular complexity index is 1840. The van der Waals surface area contributed by atoms with Crippen LogP contribution in [0.1, 0.15) is 71.1 Å². The lowest BCUT2D eigenvalue weighted by atomic mass is 9.88. The predicted octanol–water partition coefficient (Wildman–Crippen LogP) is 5.32. The van der Waals surface area contributed by atoms with Crippen molar-refractivity contribution in [2.45, 2.75) is 83.6 Å². The van der Waals surface area contributed by atoms with Gasteiger partial charge in [0, 0.05) is 31.0 Å².